The molecule has 0 aromatic heterocycles. The van der Waals surface area contributed by atoms with Gasteiger partial charge in [0, 0.05) is 12.3 Å². The second kappa shape index (κ2) is 4.28. The molecule has 0 nitrogen and oxygen atoms in total. The molecule has 0 aliphatic rings. The van der Waals surface area contributed by atoms with Crippen LogP contribution in [0.25, 0.3) is 0 Å². The SMILES string of the molecule is C#CC[CH]C(C)C#C. The van der Waals surface area contributed by atoms with E-state index in [1.165, 1.54) is 0 Å². The summed E-state index contributed by atoms with van der Waals surface area (Å²) < 4.78 is 0. The first kappa shape index (κ1) is 7.12. The van der Waals surface area contributed by atoms with E-state index in [0.717, 1.165) is 0 Å². The van der Waals surface area contributed by atoms with Crippen molar-refractivity contribution >= 4 is 0 Å². The van der Waals surface area contributed by atoms with Gasteiger partial charge in [0.1, 0.15) is 0 Å². The highest BCUT2D eigenvalue weighted by Crippen LogP contribution is 1.99. The van der Waals surface area contributed by atoms with E-state index in [1.54, 1.807) is 0 Å². The van der Waals surface area contributed by atoms with Crippen molar-refractivity contribution in [3.8, 4) is 24.7 Å². The van der Waals surface area contributed by atoms with Gasteiger partial charge in [-0.05, 0) is 6.42 Å². The summed E-state index contributed by atoms with van der Waals surface area (Å²) in [5.74, 6) is 5.24. The van der Waals surface area contributed by atoms with Gasteiger partial charge in [-0.2, -0.15) is 0 Å². The Morgan fingerprint density at radius 2 is 2.25 bits per heavy atom. The van der Waals surface area contributed by atoms with Crippen molar-refractivity contribution in [3.05, 3.63) is 6.42 Å². The van der Waals surface area contributed by atoms with Crippen molar-refractivity contribution in [3.63, 3.8) is 0 Å². The third-order valence-corrected chi connectivity index (χ3v) is 0.852. The van der Waals surface area contributed by atoms with Gasteiger partial charge in [0.15, 0.2) is 0 Å². The van der Waals surface area contributed by atoms with Crippen LogP contribution < -0.4 is 0 Å². The fraction of sp³-hybridized carbons (Fsp3) is 0.375. The van der Waals surface area contributed by atoms with Crippen LogP contribution in [0.3, 0.4) is 0 Å². The van der Waals surface area contributed by atoms with Crippen LogP contribution in [0.4, 0.5) is 0 Å². The fourth-order valence-electron chi connectivity index (χ4n) is 0.313. The van der Waals surface area contributed by atoms with Gasteiger partial charge in [0.05, 0.1) is 0 Å². The average Bonchev–Trinajstić information content (AvgIpc) is 1.83. The minimum Gasteiger partial charge on any atom is -0.120 e. The zero-order chi connectivity index (χ0) is 6.41. The lowest BCUT2D eigenvalue weighted by Crippen LogP contribution is -1.88. The smallest absolute Gasteiger partial charge is 0.0212 e. The summed E-state index contributed by atoms with van der Waals surface area (Å²) in [5.41, 5.74) is 0. The molecule has 0 amide bonds. The van der Waals surface area contributed by atoms with E-state index >= 15 is 0 Å². The van der Waals surface area contributed by atoms with E-state index in [0.29, 0.717) is 6.42 Å². The lowest BCUT2D eigenvalue weighted by molar-refractivity contribution is 0.862. The molecule has 0 aromatic carbocycles. The summed E-state index contributed by atoms with van der Waals surface area (Å²) in [6.07, 6.45) is 12.6. The summed E-state index contributed by atoms with van der Waals surface area (Å²) in [4.78, 5) is 0. The molecule has 8 heavy (non-hydrogen) atoms. The molecule has 0 spiro atoms. The Labute approximate surface area is 51.3 Å². The standard InChI is InChI=1S/C8H9/c1-4-6-7-8(3)5-2/h1-2,7-8H,6H2,3H3. The van der Waals surface area contributed by atoms with Crippen LogP contribution in [0.15, 0.2) is 0 Å². The molecule has 0 N–H and O–H groups in total. The first-order valence-electron chi connectivity index (χ1n) is 2.54. The highest BCUT2D eigenvalue weighted by molar-refractivity contribution is 5.02. The molecule has 41 valence electrons. The maximum absolute atomic E-state index is 5.06. The summed E-state index contributed by atoms with van der Waals surface area (Å²) in [5, 5.41) is 0. The molecule has 1 unspecified atom stereocenters. The lowest BCUT2D eigenvalue weighted by atomic mass is 10.1. The number of hydrogen-bond donors (Lipinski definition) is 0. The Balaban J connectivity index is 3.18. The summed E-state index contributed by atoms with van der Waals surface area (Å²) in [6.45, 7) is 1.94. The van der Waals surface area contributed by atoms with Crippen LogP contribution in [-0.4, -0.2) is 0 Å². The molecule has 0 fully saturated rings. The van der Waals surface area contributed by atoms with Crippen molar-refractivity contribution in [2.45, 2.75) is 13.3 Å². The van der Waals surface area contributed by atoms with E-state index in [2.05, 4.69) is 11.8 Å². The van der Waals surface area contributed by atoms with Crippen LogP contribution in [0.1, 0.15) is 13.3 Å². The second-order valence-corrected chi connectivity index (χ2v) is 1.60. The molecule has 1 radical (unpaired) electrons. The van der Waals surface area contributed by atoms with Crippen molar-refractivity contribution < 1.29 is 0 Å². The van der Waals surface area contributed by atoms with E-state index < -0.39 is 0 Å². The minimum atomic E-state index is 0.214. The van der Waals surface area contributed by atoms with Gasteiger partial charge >= 0.3 is 0 Å². The first-order chi connectivity index (χ1) is 3.81. The predicted octanol–water partition coefficient (Wildman–Crippen LogP) is 1.48. The highest BCUT2D eigenvalue weighted by Gasteiger charge is 1.92. The Morgan fingerprint density at radius 3 is 2.62 bits per heavy atom. The van der Waals surface area contributed by atoms with E-state index in [9.17, 15) is 0 Å². The van der Waals surface area contributed by atoms with Crippen molar-refractivity contribution in [1.82, 2.24) is 0 Å². The molecule has 0 saturated carbocycles. The predicted molar refractivity (Wildman–Crippen MR) is 35.7 cm³/mol. The molecular weight excluding hydrogens is 96.1 g/mol. The highest BCUT2D eigenvalue weighted by atomic mass is 13.9. The molecule has 0 heterocycles. The van der Waals surface area contributed by atoms with Crippen molar-refractivity contribution in [1.29, 1.82) is 0 Å². The third-order valence-electron chi connectivity index (χ3n) is 0.852. The Morgan fingerprint density at radius 1 is 1.62 bits per heavy atom. The average molecular weight is 105 g/mol. The topological polar surface area (TPSA) is 0 Å². The van der Waals surface area contributed by atoms with Crippen LogP contribution in [0, 0.1) is 37.0 Å². The zero-order valence-corrected chi connectivity index (χ0v) is 5.02. The molecule has 0 aromatic rings. The third kappa shape index (κ3) is 3.32. The normalized spacial score (nSPS) is 11.4. The molecule has 0 saturated heterocycles. The molecule has 0 aliphatic carbocycles. The number of rotatable bonds is 2. The zero-order valence-electron chi connectivity index (χ0n) is 5.02. The van der Waals surface area contributed by atoms with Gasteiger partial charge in [-0.15, -0.1) is 24.7 Å². The first-order valence-corrected chi connectivity index (χ1v) is 2.54. The summed E-state index contributed by atoms with van der Waals surface area (Å²) in [7, 11) is 0. The van der Waals surface area contributed by atoms with E-state index in [4.69, 9.17) is 12.8 Å². The second-order valence-electron chi connectivity index (χ2n) is 1.60. The monoisotopic (exact) mass is 105 g/mol. The summed E-state index contributed by atoms with van der Waals surface area (Å²) in [6, 6.07) is 0. The molecule has 0 heteroatoms. The van der Waals surface area contributed by atoms with Crippen molar-refractivity contribution in [2.24, 2.45) is 5.92 Å². The Kier molecular flexibility index (Phi) is 3.81. The van der Waals surface area contributed by atoms with Gasteiger partial charge in [-0.25, -0.2) is 0 Å². The van der Waals surface area contributed by atoms with Crippen molar-refractivity contribution in [2.75, 3.05) is 0 Å². The van der Waals surface area contributed by atoms with Crippen LogP contribution in [-0.2, 0) is 0 Å². The maximum atomic E-state index is 5.06. The van der Waals surface area contributed by atoms with Crippen LogP contribution in [0.2, 0.25) is 0 Å². The van der Waals surface area contributed by atoms with Crippen LogP contribution >= 0.6 is 0 Å². The maximum Gasteiger partial charge on any atom is 0.0212 e. The fourth-order valence-corrected chi connectivity index (χ4v) is 0.313. The Bertz CT molecular complexity index is 120. The van der Waals surface area contributed by atoms with Gasteiger partial charge in [-0.3, -0.25) is 0 Å². The van der Waals surface area contributed by atoms with E-state index in [1.807, 2.05) is 13.3 Å². The molecule has 1 atom stereocenters. The molecule has 0 bridgehead atoms. The molecular formula is C8H9. The molecule has 0 aliphatic heterocycles. The van der Waals surface area contributed by atoms with Gasteiger partial charge in [-0.1, -0.05) is 6.92 Å². The van der Waals surface area contributed by atoms with Gasteiger partial charge in [0.2, 0.25) is 0 Å². The quantitative estimate of drug-likeness (QED) is 0.467. The van der Waals surface area contributed by atoms with Gasteiger partial charge in [0.25, 0.3) is 0 Å². The van der Waals surface area contributed by atoms with E-state index in [-0.39, 0.29) is 5.92 Å². The van der Waals surface area contributed by atoms with Crippen LogP contribution in [0.5, 0.6) is 0 Å². The Hall–Kier alpha value is -0.880. The largest absolute Gasteiger partial charge is 0.120 e. The minimum absolute atomic E-state index is 0.214. The number of hydrogen-bond acceptors (Lipinski definition) is 0. The molecule has 0 rings (SSSR count). The van der Waals surface area contributed by atoms with Gasteiger partial charge < -0.3 is 0 Å². The lowest BCUT2D eigenvalue weighted by Gasteiger charge is -1.94. The summed E-state index contributed by atoms with van der Waals surface area (Å²) >= 11 is 0. The number of terminal acetylenes is 2.